The van der Waals surface area contributed by atoms with E-state index in [0.717, 1.165) is 94.7 Å². The fraction of sp³-hybridized carbons (Fsp3) is 0.0444. The smallest absolute Gasteiger partial charge is 0.119 e. The fourth-order valence-electron chi connectivity index (χ4n) is 8.26. The minimum Gasteiger partial charge on any atom is -0.378 e. The Morgan fingerprint density at radius 2 is 1.18 bits per heavy atom. The lowest BCUT2D eigenvalue weighted by molar-refractivity contribution is 0.692. The Morgan fingerprint density at radius 1 is 0.500 bits per heavy atom. The van der Waals surface area contributed by atoms with Gasteiger partial charge >= 0.3 is 0 Å². The number of allylic oxidation sites excluding steroid dienone is 4. The average molecular weight is 720 g/mol. The van der Waals surface area contributed by atoms with E-state index in [2.05, 4.69) is 46.7 Å². The lowest BCUT2D eigenvalue weighted by Gasteiger charge is -2.14. The third-order valence-electron chi connectivity index (χ3n) is 10.8. The normalized spacial score (nSPS) is 18.4. The van der Waals surface area contributed by atoms with Crippen LogP contribution in [0.25, 0.3) is 106 Å². The van der Waals surface area contributed by atoms with Crippen LogP contribution in [0.5, 0.6) is 0 Å². The molecule has 1 unspecified atom stereocenters. The number of aromatic nitrogens is 9. The molecule has 0 radical (unpaired) electrons. The summed E-state index contributed by atoms with van der Waals surface area (Å²) in [5.41, 5.74) is 15.8. The lowest BCUT2D eigenvalue weighted by atomic mass is 10.0. The number of aliphatic imine (C=N–C) groups is 1. The Kier molecular flexibility index (Phi) is 5.76. The fourth-order valence-corrected chi connectivity index (χ4v) is 8.26. The van der Waals surface area contributed by atoms with Crippen molar-refractivity contribution in [1.29, 1.82) is 0 Å². The molecule has 0 aliphatic carbocycles. The van der Waals surface area contributed by atoms with Crippen LogP contribution in [0.4, 0.5) is 0 Å². The van der Waals surface area contributed by atoms with E-state index >= 15 is 0 Å². The van der Waals surface area contributed by atoms with E-state index in [4.69, 9.17) is 44.9 Å². The quantitative estimate of drug-likeness (QED) is 0.117. The molecule has 4 aliphatic rings. The van der Waals surface area contributed by atoms with Gasteiger partial charge in [-0.3, -0.25) is 4.98 Å². The van der Waals surface area contributed by atoms with Crippen molar-refractivity contribution in [3.63, 3.8) is 0 Å². The van der Waals surface area contributed by atoms with Gasteiger partial charge < -0.3 is 10.3 Å². The first-order valence-corrected chi connectivity index (χ1v) is 18.5. The molecule has 0 spiro atoms. The summed E-state index contributed by atoms with van der Waals surface area (Å²) in [7, 11) is 0. The standard InChI is InChI=1S/C45H25N11/c1-4-26-17-30-9-12-34-37(51-30)38-35(13-10-31(52-38)18-27-5-2-23(48-27)15-22(1)47-26)40-39(34)55-42-36-14-11-32-19-28-6-3-24(49-28)16-25-7-8-29(50-25)20-33-21-46-43(45(42)56-40)44(54-33)41(36)53-32/h1-19,21,29,47,50H,20H2/b22-15?,23-15?,25-16-,26-17?,27-18?,28-19-,30-17?,31-18?. The van der Waals surface area contributed by atoms with Gasteiger partial charge in [0.1, 0.15) is 27.6 Å². The first-order chi connectivity index (χ1) is 27.6. The predicted molar refractivity (Wildman–Crippen MR) is 222 cm³/mol. The van der Waals surface area contributed by atoms with Crippen LogP contribution in [0.3, 0.4) is 0 Å². The molecule has 16 bridgehead atoms. The highest BCUT2D eigenvalue weighted by Crippen LogP contribution is 2.37. The third-order valence-corrected chi connectivity index (χ3v) is 10.8. The molecular weight excluding hydrogens is 695 g/mol. The van der Waals surface area contributed by atoms with E-state index < -0.39 is 0 Å². The van der Waals surface area contributed by atoms with Crippen molar-refractivity contribution < 1.29 is 0 Å². The van der Waals surface area contributed by atoms with E-state index in [9.17, 15) is 0 Å². The van der Waals surface area contributed by atoms with E-state index in [1.54, 1.807) is 0 Å². The van der Waals surface area contributed by atoms with Crippen LogP contribution in [0.15, 0.2) is 120 Å². The summed E-state index contributed by atoms with van der Waals surface area (Å²) in [5, 5.41) is 6.12. The SMILES string of the molecule is C1=C/C2=C/c3ccc4c(n3)c3nc(cnc3c3nc5c6ccc7cc8nc(cc9ccc(cc%10ccc(c(n%10)c6n7)c5nc43)[nH]9)C=C8)CC3C=C/C(=C/C1=N2)N3. The summed E-state index contributed by atoms with van der Waals surface area (Å²) in [6.07, 6.45) is 18.9. The van der Waals surface area contributed by atoms with Crippen LogP contribution < -0.4 is 5.32 Å². The van der Waals surface area contributed by atoms with Gasteiger partial charge in [0.15, 0.2) is 0 Å². The molecule has 13 rings (SSSR count). The average Bonchev–Trinajstić information content (AvgIpc) is 4.04. The van der Waals surface area contributed by atoms with Crippen molar-refractivity contribution in [2.45, 2.75) is 12.5 Å². The first-order valence-electron chi connectivity index (χ1n) is 18.5. The van der Waals surface area contributed by atoms with Crippen LogP contribution in [-0.2, 0) is 6.42 Å². The van der Waals surface area contributed by atoms with Crippen molar-refractivity contribution in [3.05, 3.63) is 137 Å². The number of rotatable bonds is 0. The van der Waals surface area contributed by atoms with E-state index in [1.807, 2.05) is 85.1 Å². The highest BCUT2D eigenvalue weighted by molar-refractivity contribution is 6.26. The van der Waals surface area contributed by atoms with E-state index in [1.165, 1.54) is 0 Å². The van der Waals surface area contributed by atoms with Gasteiger partial charge in [-0.2, -0.15) is 0 Å². The molecule has 11 heteroatoms. The Hall–Kier alpha value is -7.79. The molecule has 0 fully saturated rings. The van der Waals surface area contributed by atoms with E-state index in [0.29, 0.717) is 39.5 Å². The number of fused-ring (bicyclic) bond motifs is 17. The maximum absolute atomic E-state index is 5.44. The zero-order valence-electron chi connectivity index (χ0n) is 29.4. The Morgan fingerprint density at radius 3 is 2.02 bits per heavy atom. The molecule has 11 heterocycles. The minimum atomic E-state index is 0.0713. The topological polar surface area (TPSA) is 143 Å². The summed E-state index contributed by atoms with van der Waals surface area (Å²) in [5.74, 6) is 0. The first kappa shape index (κ1) is 29.6. The Bertz CT molecular complexity index is 3610. The van der Waals surface area contributed by atoms with Crippen LogP contribution in [0.2, 0.25) is 0 Å². The van der Waals surface area contributed by atoms with Gasteiger partial charge in [0, 0.05) is 45.5 Å². The maximum Gasteiger partial charge on any atom is 0.119 e. The summed E-state index contributed by atoms with van der Waals surface area (Å²) in [4.78, 5) is 49.9. The zero-order chi connectivity index (χ0) is 36.5. The molecule has 56 heavy (non-hydrogen) atoms. The van der Waals surface area contributed by atoms with E-state index in [-0.39, 0.29) is 6.04 Å². The molecular formula is C45H25N11. The molecule has 0 saturated heterocycles. The number of aromatic amines is 1. The van der Waals surface area contributed by atoms with Gasteiger partial charge in [-0.25, -0.2) is 39.9 Å². The van der Waals surface area contributed by atoms with Gasteiger partial charge in [-0.05, 0) is 109 Å². The second kappa shape index (κ2) is 10.9. The Labute approximate surface area is 316 Å². The molecule has 2 aromatic carbocycles. The van der Waals surface area contributed by atoms with Crippen molar-refractivity contribution in [2.75, 3.05) is 0 Å². The number of hydrogen-bond donors (Lipinski definition) is 2. The number of nitrogens with zero attached hydrogens (tertiary/aromatic N) is 9. The maximum atomic E-state index is 5.44. The third kappa shape index (κ3) is 4.54. The van der Waals surface area contributed by atoms with Gasteiger partial charge in [0.05, 0.1) is 73.3 Å². The number of nitrogens with one attached hydrogen (secondary N) is 2. The monoisotopic (exact) mass is 719 g/mol. The van der Waals surface area contributed by atoms with Crippen LogP contribution in [0.1, 0.15) is 22.8 Å². The predicted octanol–water partition coefficient (Wildman–Crippen LogP) is 8.33. The number of pyridine rings is 3. The molecule has 4 aliphatic heterocycles. The van der Waals surface area contributed by atoms with Crippen LogP contribution in [-0.4, -0.2) is 56.6 Å². The van der Waals surface area contributed by atoms with Gasteiger partial charge in [-0.15, -0.1) is 0 Å². The zero-order valence-corrected chi connectivity index (χ0v) is 29.4. The highest BCUT2D eigenvalue weighted by Gasteiger charge is 2.22. The molecule has 9 aromatic rings. The van der Waals surface area contributed by atoms with Gasteiger partial charge in [0.2, 0.25) is 0 Å². The minimum absolute atomic E-state index is 0.0713. The van der Waals surface area contributed by atoms with Crippen LogP contribution >= 0.6 is 0 Å². The lowest BCUT2D eigenvalue weighted by Crippen LogP contribution is -2.24. The van der Waals surface area contributed by atoms with Crippen molar-refractivity contribution in [1.82, 2.24) is 50.2 Å². The highest BCUT2D eigenvalue weighted by atomic mass is 15.0. The van der Waals surface area contributed by atoms with Crippen LogP contribution in [0, 0.1) is 0 Å². The number of benzene rings is 2. The van der Waals surface area contributed by atoms with Crippen molar-refractivity contribution in [2.24, 2.45) is 4.99 Å². The molecule has 7 aromatic heterocycles. The second-order valence-electron chi connectivity index (χ2n) is 14.5. The molecule has 1 atom stereocenters. The number of H-pyrrole nitrogens is 1. The largest absolute Gasteiger partial charge is 0.378 e. The summed E-state index contributed by atoms with van der Waals surface area (Å²) < 4.78 is 0. The molecule has 11 nitrogen and oxygen atoms in total. The van der Waals surface area contributed by atoms with Crippen molar-refractivity contribution in [3.8, 4) is 0 Å². The second-order valence-corrected chi connectivity index (χ2v) is 14.5. The molecule has 0 amide bonds. The van der Waals surface area contributed by atoms with Gasteiger partial charge in [0.25, 0.3) is 0 Å². The molecule has 2 N–H and O–H groups in total. The number of hydrogen-bond acceptors (Lipinski definition) is 10. The summed E-state index contributed by atoms with van der Waals surface area (Å²) in [6, 6.07) is 22.5. The Balaban J connectivity index is 1.14. The van der Waals surface area contributed by atoms with Crippen molar-refractivity contribution >= 4 is 112 Å². The molecule has 0 saturated carbocycles. The van der Waals surface area contributed by atoms with Gasteiger partial charge in [-0.1, -0.05) is 6.08 Å². The summed E-state index contributed by atoms with van der Waals surface area (Å²) in [6.45, 7) is 0. The molecule has 260 valence electrons. The summed E-state index contributed by atoms with van der Waals surface area (Å²) >= 11 is 0.